The number of hydrogen-bond donors (Lipinski definition) is 1. The van der Waals surface area contributed by atoms with Gasteiger partial charge in [0.15, 0.2) is 0 Å². The van der Waals surface area contributed by atoms with E-state index in [-0.39, 0.29) is 0 Å². The van der Waals surface area contributed by atoms with E-state index in [1.165, 1.54) is 32.2 Å². The third-order valence-electron chi connectivity index (χ3n) is 3.85. The Labute approximate surface area is 81.5 Å². The molecule has 0 aromatic rings. The summed E-state index contributed by atoms with van der Waals surface area (Å²) >= 11 is 0. The topological polar surface area (TPSA) is 29.3 Å². The van der Waals surface area contributed by atoms with Crippen LogP contribution in [0.1, 0.15) is 39.5 Å². The third-order valence-corrected chi connectivity index (χ3v) is 3.85. The van der Waals surface area contributed by atoms with Crippen LogP contribution in [0.2, 0.25) is 0 Å². The van der Waals surface area contributed by atoms with Crippen LogP contribution in [0, 0.1) is 5.92 Å². The fraction of sp³-hybridized carbons (Fsp3) is 1.00. The zero-order valence-electron chi connectivity index (χ0n) is 8.92. The second-order valence-electron chi connectivity index (χ2n) is 5.28. The number of likely N-dealkylation sites (tertiary alicyclic amines) is 1. The minimum atomic E-state index is 0.415. The van der Waals surface area contributed by atoms with Crippen LogP contribution in [-0.2, 0) is 0 Å². The zero-order chi connectivity index (χ0) is 9.47. The molecule has 0 radical (unpaired) electrons. The van der Waals surface area contributed by atoms with Crippen molar-refractivity contribution in [3.8, 4) is 0 Å². The Morgan fingerprint density at radius 1 is 1.23 bits per heavy atom. The number of rotatable bonds is 2. The molecule has 1 heterocycles. The van der Waals surface area contributed by atoms with Gasteiger partial charge < -0.3 is 5.73 Å². The summed E-state index contributed by atoms with van der Waals surface area (Å²) in [7, 11) is 0. The lowest BCUT2D eigenvalue weighted by Gasteiger charge is -2.43. The van der Waals surface area contributed by atoms with Crippen molar-refractivity contribution in [1.29, 1.82) is 0 Å². The molecule has 13 heavy (non-hydrogen) atoms. The van der Waals surface area contributed by atoms with Gasteiger partial charge in [-0.15, -0.1) is 0 Å². The molecule has 2 nitrogen and oxygen atoms in total. The molecular weight excluding hydrogens is 160 g/mol. The first-order valence-corrected chi connectivity index (χ1v) is 5.61. The van der Waals surface area contributed by atoms with Gasteiger partial charge in [-0.25, -0.2) is 0 Å². The predicted octanol–water partition coefficient (Wildman–Crippen LogP) is 1.60. The summed E-state index contributed by atoms with van der Waals surface area (Å²) in [5.41, 5.74) is 6.42. The van der Waals surface area contributed by atoms with Gasteiger partial charge in [-0.05, 0) is 52.0 Å². The Bertz CT molecular complexity index is 185. The fourth-order valence-electron chi connectivity index (χ4n) is 2.58. The largest absolute Gasteiger partial charge is 0.327 e. The molecule has 2 N–H and O–H groups in total. The molecule has 2 heteroatoms. The average Bonchev–Trinajstić information content (AvgIpc) is 2.86. The molecule has 1 aliphatic carbocycles. The Hall–Kier alpha value is -0.0800. The lowest BCUT2D eigenvalue weighted by atomic mass is 9.92. The van der Waals surface area contributed by atoms with Gasteiger partial charge in [0.2, 0.25) is 0 Å². The highest BCUT2D eigenvalue weighted by Crippen LogP contribution is 2.43. The zero-order valence-corrected chi connectivity index (χ0v) is 8.92. The molecule has 1 atom stereocenters. The van der Waals surface area contributed by atoms with Crippen LogP contribution in [-0.4, -0.2) is 29.6 Å². The van der Waals surface area contributed by atoms with E-state index in [9.17, 15) is 0 Å². The molecule has 1 unspecified atom stereocenters. The van der Waals surface area contributed by atoms with Crippen molar-refractivity contribution >= 4 is 0 Å². The van der Waals surface area contributed by atoms with Gasteiger partial charge in [0.05, 0.1) is 0 Å². The van der Waals surface area contributed by atoms with E-state index in [0.29, 0.717) is 11.6 Å². The summed E-state index contributed by atoms with van der Waals surface area (Å²) in [6.45, 7) is 7.16. The summed E-state index contributed by atoms with van der Waals surface area (Å²) < 4.78 is 0. The Kier molecular flexibility index (Phi) is 2.37. The van der Waals surface area contributed by atoms with Crippen molar-refractivity contribution in [1.82, 2.24) is 4.90 Å². The molecule has 0 aromatic carbocycles. The van der Waals surface area contributed by atoms with Crippen molar-refractivity contribution < 1.29 is 0 Å². The molecule has 0 aromatic heterocycles. The molecule has 1 saturated carbocycles. The standard InChI is InChI=1S/C11H22N2/c1-11(2,9-5-6-9)13-7-3-4-10(12)8-13/h9-10H,3-8,12H2,1-2H3. The van der Waals surface area contributed by atoms with Gasteiger partial charge in [0, 0.05) is 18.1 Å². The summed E-state index contributed by atoms with van der Waals surface area (Å²) in [4.78, 5) is 2.61. The lowest BCUT2D eigenvalue weighted by molar-refractivity contribution is 0.0685. The first-order chi connectivity index (χ1) is 6.10. The first kappa shape index (κ1) is 9.47. The Morgan fingerprint density at radius 2 is 1.92 bits per heavy atom. The van der Waals surface area contributed by atoms with Gasteiger partial charge in [0.1, 0.15) is 0 Å². The van der Waals surface area contributed by atoms with E-state index >= 15 is 0 Å². The number of nitrogens with zero attached hydrogens (tertiary/aromatic N) is 1. The minimum absolute atomic E-state index is 0.415. The lowest BCUT2D eigenvalue weighted by Crippen LogP contribution is -2.53. The van der Waals surface area contributed by atoms with Crippen molar-refractivity contribution in [3.63, 3.8) is 0 Å². The van der Waals surface area contributed by atoms with E-state index in [0.717, 1.165) is 12.5 Å². The maximum Gasteiger partial charge on any atom is 0.0182 e. The Balaban J connectivity index is 1.97. The van der Waals surface area contributed by atoms with Gasteiger partial charge in [-0.2, -0.15) is 0 Å². The van der Waals surface area contributed by atoms with Gasteiger partial charge >= 0.3 is 0 Å². The number of nitrogens with two attached hydrogens (primary N) is 1. The second kappa shape index (κ2) is 3.25. The highest BCUT2D eigenvalue weighted by molar-refractivity contribution is 4.98. The molecular formula is C11H22N2. The van der Waals surface area contributed by atoms with Crippen molar-refractivity contribution in [2.75, 3.05) is 13.1 Å². The second-order valence-corrected chi connectivity index (χ2v) is 5.28. The molecule has 1 aliphatic heterocycles. The van der Waals surface area contributed by atoms with Gasteiger partial charge in [-0.1, -0.05) is 0 Å². The van der Waals surface area contributed by atoms with E-state index in [1.807, 2.05) is 0 Å². The van der Waals surface area contributed by atoms with Crippen LogP contribution in [0.4, 0.5) is 0 Å². The number of piperidine rings is 1. The van der Waals surface area contributed by atoms with E-state index in [4.69, 9.17) is 5.73 Å². The highest BCUT2D eigenvalue weighted by atomic mass is 15.2. The fourth-order valence-corrected chi connectivity index (χ4v) is 2.58. The van der Waals surface area contributed by atoms with Gasteiger partial charge in [-0.3, -0.25) is 4.90 Å². The summed E-state index contributed by atoms with van der Waals surface area (Å²) in [5.74, 6) is 0.942. The van der Waals surface area contributed by atoms with Crippen LogP contribution >= 0.6 is 0 Å². The summed E-state index contributed by atoms with van der Waals surface area (Å²) in [5, 5.41) is 0. The van der Waals surface area contributed by atoms with Crippen LogP contribution in [0.25, 0.3) is 0 Å². The van der Waals surface area contributed by atoms with Crippen molar-refractivity contribution in [2.24, 2.45) is 11.7 Å². The molecule has 0 amide bonds. The Morgan fingerprint density at radius 3 is 2.46 bits per heavy atom. The number of hydrogen-bond acceptors (Lipinski definition) is 2. The van der Waals surface area contributed by atoms with Crippen molar-refractivity contribution in [2.45, 2.75) is 51.1 Å². The maximum atomic E-state index is 6.00. The molecule has 0 spiro atoms. The average molecular weight is 182 g/mol. The third kappa shape index (κ3) is 1.89. The van der Waals surface area contributed by atoms with Crippen LogP contribution in [0.15, 0.2) is 0 Å². The smallest absolute Gasteiger partial charge is 0.0182 e. The van der Waals surface area contributed by atoms with Crippen LogP contribution in [0.5, 0.6) is 0 Å². The molecule has 2 fully saturated rings. The first-order valence-electron chi connectivity index (χ1n) is 5.61. The molecule has 2 aliphatic rings. The molecule has 76 valence electrons. The van der Waals surface area contributed by atoms with Crippen LogP contribution in [0.3, 0.4) is 0 Å². The summed E-state index contributed by atoms with van der Waals surface area (Å²) in [6, 6.07) is 0.423. The monoisotopic (exact) mass is 182 g/mol. The van der Waals surface area contributed by atoms with Gasteiger partial charge in [0.25, 0.3) is 0 Å². The highest BCUT2D eigenvalue weighted by Gasteiger charge is 2.42. The molecule has 0 bridgehead atoms. The summed E-state index contributed by atoms with van der Waals surface area (Å²) in [6.07, 6.45) is 5.37. The predicted molar refractivity (Wildman–Crippen MR) is 55.6 cm³/mol. The molecule has 1 saturated heterocycles. The van der Waals surface area contributed by atoms with Crippen molar-refractivity contribution in [3.05, 3.63) is 0 Å². The van der Waals surface area contributed by atoms with E-state index < -0.39 is 0 Å². The van der Waals surface area contributed by atoms with E-state index in [1.54, 1.807) is 0 Å². The van der Waals surface area contributed by atoms with E-state index in [2.05, 4.69) is 18.7 Å². The van der Waals surface area contributed by atoms with Crippen LogP contribution < -0.4 is 5.73 Å². The maximum absolute atomic E-state index is 6.00. The normalized spacial score (nSPS) is 32.1. The SMILES string of the molecule is CC(C)(C1CC1)N1CCCC(N)C1. The molecule has 2 rings (SSSR count). The quantitative estimate of drug-likeness (QED) is 0.703. The minimum Gasteiger partial charge on any atom is -0.327 e.